The van der Waals surface area contributed by atoms with Crippen molar-refractivity contribution >= 4 is 6.09 Å². The van der Waals surface area contributed by atoms with Crippen LogP contribution in [0, 0.1) is 0 Å². The van der Waals surface area contributed by atoms with Crippen molar-refractivity contribution in [1.82, 2.24) is 5.32 Å². The lowest BCUT2D eigenvalue weighted by Gasteiger charge is -2.25. The molecule has 0 aromatic carbocycles. The SMILES string of the molecule is O=C1NC2CCC2O1. The number of rotatable bonds is 0. The van der Waals surface area contributed by atoms with Gasteiger partial charge in [0.25, 0.3) is 0 Å². The monoisotopic (exact) mass is 113 g/mol. The lowest BCUT2D eigenvalue weighted by Crippen LogP contribution is -2.40. The molecular weight excluding hydrogens is 106 g/mol. The van der Waals surface area contributed by atoms with E-state index in [-0.39, 0.29) is 12.2 Å². The van der Waals surface area contributed by atoms with Crippen LogP contribution < -0.4 is 5.32 Å². The van der Waals surface area contributed by atoms with Gasteiger partial charge in [0.1, 0.15) is 6.10 Å². The van der Waals surface area contributed by atoms with Gasteiger partial charge in [0, 0.05) is 0 Å². The van der Waals surface area contributed by atoms with Crippen LogP contribution in [0.5, 0.6) is 0 Å². The highest BCUT2D eigenvalue weighted by molar-refractivity contribution is 5.70. The Labute approximate surface area is 47.0 Å². The predicted octanol–water partition coefficient (Wildman–Crippen LogP) is 0.257. The molecule has 8 heavy (non-hydrogen) atoms. The maximum Gasteiger partial charge on any atom is 0.407 e. The number of carbonyl (C=O) groups excluding carboxylic acids is 1. The molecule has 0 radical (unpaired) electrons. The molecule has 0 aromatic rings. The number of ether oxygens (including phenoxy) is 1. The van der Waals surface area contributed by atoms with Gasteiger partial charge >= 0.3 is 6.09 Å². The Bertz CT molecular complexity index is 120. The molecule has 1 heterocycles. The highest BCUT2D eigenvalue weighted by atomic mass is 16.6. The number of hydrogen-bond donors (Lipinski definition) is 1. The van der Waals surface area contributed by atoms with Gasteiger partial charge in [-0.15, -0.1) is 0 Å². The molecule has 1 N–H and O–H groups in total. The summed E-state index contributed by atoms with van der Waals surface area (Å²) >= 11 is 0. The molecule has 44 valence electrons. The Balaban J connectivity index is 2.10. The van der Waals surface area contributed by atoms with Gasteiger partial charge in [0.05, 0.1) is 6.04 Å². The molecule has 1 amide bonds. The van der Waals surface area contributed by atoms with Gasteiger partial charge in [-0.1, -0.05) is 0 Å². The molecule has 0 spiro atoms. The molecule has 1 aliphatic carbocycles. The van der Waals surface area contributed by atoms with Crippen molar-refractivity contribution in [2.75, 3.05) is 0 Å². The quantitative estimate of drug-likeness (QED) is 0.489. The number of hydrogen-bond acceptors (Lipinski definition) is 2. The van der Waals surface area contributed by atoms with Crippen molar-refractivity contribution in [2.24, 2.45) is 0 Å². The minimum absolute atomic E-state index is 0.211. The molecule has 0 bridgehead atoms. The summed E-state index contributed by atoms with van der Waals surface area (Å²) in [6.45, 7) is 0. The first-order valence-corrected chi connectivity index (χ1v) is 2.83. The Kier molecular flexibility index (Phi) is 0.604. The molecule has 2 atom stereocenters. The van der Waals surface area contributed by atoms with Gasteiger partial charge in [-0.3, -0.25) is 0 Å². The molecular formula is C5H7NO2. The lowest BCUT2D eigenvalue weighted by molar-refractivity contribution is 0.0896. The van der Waals surface area contributed by atoms with E-state index in [1.165, 1.54) is 0 Å². The fourth-order valence-electron chi connectivity index (χ4n) is 1.10. The zero-order chi connectivity index (χ0) is 5.56. The van der Waals surface area contributed by atoms with Crippen molar-refractivity contribution in [1.29, 1.82) is 0 Å². The van der Waals surface area contributed by atoms with Crippen molar-refractivity contribution in [3.05, 3.63) is 0 Å². The Morgan fingerprint density at radius 3 is 2.75 bits per heavy atom. The number of alkyl carbamates (subject to hydrolysis) is 1. The number of nitrogens with one attached hydrogen (secondary N) is 1. The summed E-state index contributed by atoms with van der Waals surface area (Å²) in [5.41, 5.74) is 0. The summed E-state index contributed by atoms with van der Waals surface area (Å²) in [6, 6.07) is 0.350. The summed E-state index contributed by atoms with van der Waals surface area (Å²) in [6.07, 6.45) is 2.11. The van der Waals surface area contributed by atoms with Crippen LogP contribution in [-0.2, 0) is 4.74 Å². The van der Waals surface area contributed by atoms with E-state index < -0.39 is 0 Å². The van der Waals surface area contributed by atoms with Gasteiger partial charge in [0.2, 0.25) is 0 Å². The fourth-order valence-corrected chi connectivity index (χ4v) is 1.10. The summed E-state index contributed by atoms with van der Waals surface area (Å²) in [4.78, 5) is 10.4. The average molecular weight is 113 g/mol. The van der Waals surface area contributed by atoms with Crippen molar-refractivity contribution in [2.45, 2.75) is 25.0 Å². The maximum absolute atomic E-state index is 10.4. The van der Waals surface area contributed by atoms with E-state index in [0.29, 0.717) is 6.04 Å². The largest absolute Gasteiger partial charge is 0.444 e. The topological polar surface area (TPSA) is 38.3 Å². The third kappa shape index (κ3) is 0.363. The zero-order valence-electron chi connectivity index (χ0n) is 4.39. The van der Waals surface area contributed by atoms with Gasteiger partial charge in [-0.2, -0.15) is 0 Å². The Morgan fingerprint density at radius 2 is 2.50 bits per heavy atom. The van der Waals surface area contributed by atoms with Crippen LogP contribution in [0.15, 0.2) is 0 Å². The van der Waals surface area contributed by atoms with Crippen LogP contribution in [-0.4, -0.2) is 18.2 Å². The first kappa shape index (κ1) is 4.18. The highest BCUT2D eigenvalue weighted by Crippen LogP contribution is 2.27. The molecule has 3 nitrogen and oxygen atoms in total. The minimum atomic E-state index is -0.238. The Hall–Kier alpha value is -0.730. The van der Waals surface area contributed by atoms with Crippen LogP contribution in [0.4, 0.5) is 4.79 Å². The zero-order valence-corrected chi connectivity index (χ0v) is 4.39. The second kappa shape index (κ2) is 1.16. The number of carbonyl (C=O) groups is 1. The van der Waals surface area contributed by atoms with E-state index in [1.54, 1.807) is 0 Å². The van der Waals surface area contributed by atoms with E-state index in [0.717, 1.165) is 12.8 Å². The van der Waals surface area contributed by atoms with E-state index >= 15 is 0 Å². The first-order valence-electron chi connectivity index (χ1n) is 2.83. The molecule has 2 unspecified atom stereocenters. The average Bonchev–Trinajstić information content (AvgIpc) is 1.91. The van der Waals surface area contributed by atoms with Crippen LogP contribution in [0.1, 0.15) is 12.8 Å². The molecule has 3 heteroatoms. The standard InChI is InChI=1S/C5H7NO2/c7-5-6-3-1-2-4(3)8-5/h3-4H,1-2H2,(H,6,7). The molecule has 1 saturated carbocycles. The van der Waals surface area contributed by atoms with Crippen molar-refractivity contribution in [3.8, 4) is 0 Å². The summed E-state index contributed by atoms with van der Waals surface area (Å²) in [5.74, 6) is 0. The highest BCUT2D eigenvalue weighted by Gasteiger charge is 2.40. The van der Waals surface area contributed by atoms with E-state index in [4.69, 9.17) is 4.74 Å². The second-order valence-electron chi connectivity index (χ2n) is 2.27. The lowest BCUT2D eigenvalue weighted by atomic mass is 9.90. The minimum Gasteiger partial charge on any atom is -0.444 e. The molecule has 2 aliphatic rings. The van der Waals surface area contributed by atoms with Gasteiger partial charge in [-0.25, -0.2) is 4.79 Å². The van der Waals surface area contributed by atoms with E-state index in [1.807, 2.05) is 0 Å². The van der Waals surface area contributed by atoms with E-state index in [9.17, 15) is 4.79 Å². The second-order valence-corrected chi connectivity index (χ2v) is 2.27. The van der Waals surface area contributed by atoms with Crippen LogP contribution >= 0.6 is 0 Å². The third-order valence-electron chi connectivity index (χ3n) is 1.77. The van der Waals surface area contributed by atoms with Gasteiger partial charge in [-0.05, 0) is 12.8 Å². The molecule has 1 aliphatic heterocycles. The molecule has 0 aromatic heterocycles. The summed E-state index contributed by atoms with van der Waals surface area (Å²) in [5, 5.41) is 2.69. The summed E-state index contributed by atoms with van der Waals surface area (Å²) < 4.78 is 4.81. The first-order chi connectivity index (χ1) is 3.86. The maximum atomic E-state index is 10.4. The molecule has 1 saturated heterocycles. The van der Waals surface area contributed by atoms with Crippen molar-refractivity contribution < 1.29 is 9.53 Å². The molecule has 2 rings (SSSR count). The van der Waals surface area contributed by atoms with E-state index in [2.05, 4.69) is 5.32 Å². The third-order valence-corrected chi connectivity index (χ3v) is 1.77. The fraction of sp³-hybridized carbons (Fsp3) is 0.800. The Morgan fingerprint density at radius 1 is 1.62 bits per heavy atom. The van der Waals surface area contributed by atoms with Gasteiger partial charge in [0.15, 0.2) is 0 Å². The number of fused-ring (bicyclic) bond motifs is 1. The van der Waals surface area contributed by atoms with Crippen LogP contribution in [0.2, 0.25) is 0 Å². The van der Waals surface area contributed by atoms with Crippen LogP contribution in [0.3, 0.4) is 0 Å². The number of amides is 1. The molecule has 2 fully saturated rings. The normalized spacial score (nSPS) is 41.8. The smallest absolute Gasteiger partial charge is 0.407 e. The van der Waals surface area contributed by atoms with Crippen molar-refractivity contribution in [3.63, 3.8) is 0 Å². The predicted molar refractivity (Wildman–Crippen MR) is 26.4 cm³/mol. The summed E-state index contributed by atoms with van der Waals surface area (Å²) in [7, 11) is 0. The van der Waals surface area contributed by atoms with Gasteiger partial charge < -0.3 is 10.1 Å². The van der Waals surface area contributed by atoms with Crippen LogP contribution in [0.25, 0.3) is 0 Å².